The number of nitrogens with zero attached hydrogens (tertiary/aromatic N) is 3. The highest BCUT2D eigenvalue weighted by molar-refractivity contribution is 5.23. The molecule has 5 nitrogen and oxygen atoms in total. The van der Waals surface area contributed by atoms with Crippen molar-refractivity contribution in [1.82, 2.24) is 10.1 Å². The minimum Gasteiger partial charge on any atom is -0.350 e. The molecule has 14 heavy (non-hydrogen) atoms. The molecule has 1 aliphatic rings. The van der Waals surface area contributed by atoms with Gasteiger partial charge in [0.15, 0.2) is 0 Å². The summed E-state index contributed by atoms with van der Waals surface area (Å²) in [7, 11) is 0. The van der Waals surface area contributed by atoms with Crippen molar-refractivity contribution < 1.29 is 4.52 Å². The molecule has 0 amide bonds. The fraction of sp³-hybridized carbons (Fsp3) is 0.667. The van der Waals surface area contributed by atoms with Gasteiger partial charge in [-0.1, -0.05) is 0 Å². The Bertz CT molecular complexity index is 350. The second-order valence-corrected chi connectivity index (χ2v) is 3.64. The van der Waals surface area contributed by atoms with Crippen molar-refractivity contribution in [2.24, 2.45) is 5.92 Å². The summed E-state index contributed by atoms with van der Waals surface area (Å²) in [6.07, 6.45) is 2.30. The van der Waals surface area contributed by atoms with Crippen LogP contribution in [0, 0.1) is 17.2 Å². The zero-order valence-electron chi connectivity index (χ0n) is 8.03. The molecule has 0 spiro atoms. The van der Waals surface area contributed by atoms with Crippen molar-refractivity contribution in [1.29, 1.82) is 5.26 Å². The minimum absolute atomic E-state index is 0.0436. The van der Waals surface area contributed by atoms with Crippen LogP contribution in [0.15, 0.2) is 4.52 Å². The number of rotatable bonds is 4. The highest BCUT2D eigenvalue weighted by atomic mass is 16.5. The molecule has 1 fully saturated rings. The summed E-state index contributed by atoms with van der Waals surface area (Å²) in [5.74, 6) is 1.65. The van der Waals surface area contributed by atoms with Gasteiger partial charge in [-0.3, -0.25) is 0 Å². The zero-order chi connectivity index (χ0) is 9.97. The lowest BCUT2D eigenvalue weighted by molar-refractivity contribution is 0.380. The SMILES string of the molecule is CC(C#N)CNc1noc(C2CC2)n1. The molecule has 1 N–H and O–H groups in total. The molecule has 2 rings (SSSR count). The molecule has 74 valence electrons. The van der Waals surface area contributed by atoms with E-state index < -0.39 is 0 Å². The van der Waals surface area contributed by atoms with Gasteiger partial charge in [-0.05, 0) is 24.9 Å². The molecule has 1 unspecified atom stereocenters. The van der Waals surface area contributed by atoms with E-state index in [0.717, 1.165) is 18.7 Å². The number of aromatic nitrogens is 2. The van der Waals surface area contributed by atoms with Gasteiger partial charge < -0.3 is 9.84 Å². The Morgan fingerprint density at radius 3 is 3.14 bits per heavy atom. The quantitative estimate of drug-likeness (QED) is 0.782. The van der Waals surface area contributed by atoms with E-state index in [1.165, 1.54) is 0 Å². The van der Waals surface area contributed by atoms with Crippen molar-refractivity contribution in [3.63, 3.8) is 0 Å². The third-order valence-corrected chi connectivity index (χ3v) is 2.16. The number of nitriles is 1. The summed E-state index contributed by atoms with van der Waals surface area (Å²) in [6.45, 7) is 2.40. The Morgan fingerprint density at radius 1 is 1.71 bits per heavy atom. The van der Waals surface area contributed by atoms with Gasteiger partial charge in [0.2, 0.25) is 5.89 Å². The molecule has 0 aliphatic heterocycles. The Morgan fingerprint density at radius 2 is 2.50 bits per heavy atom. The Balaban J connectivity index is 1.87. The molecule has 1 heterocycles. The Hall–Kier alpha value is -1.57. The topological polar surface area (TPSA) is 74.7 Å². The molecule has 1 saturated carbocycles. The van der Waals surface area contributed by atoms with Crippen molar-refractivity contribution in [3.05, 3.63) is 5.89 Å². The molecular formula is C9H12N4O. The summed E-state index contributed by atoms with van der Waals surface area (Å²) >= 11 is 0. The first-order chi connectivity index (χ1) is 6.79. The highest BCUT2D eigenvalue weighted by Gasteiger charge is 2.29. The molecule has 1 atom stereocenters. The number of nitrogens with one attached hydrogen (secondary N) is 1. The fourth-order valence-electron chi connectivity index (χ4n) is 1.09. The minimum atomic E-state index is -0.0436. The standard InChI is InChI=1S/C9H12N4O/c1-6(4-10)5-11-9-12-8(14-13-9)7-2-3-7/h6-7H,2-3,5H2,1H3,(H,11,13). The Labute approximate surface area is 82.1 Å². The maximum absolute atomic E-state index is 8.56. The summed E-state index contributed by atoms with van der Waals surface area (Å²) in [6, 6.07) is 2.13. The summed E-state index contributed by atoms with van der Waals surface area (Å²) in [5, 5.41) is 15.3. The van der Waals surface area contributed by atoms with E-state index in [9.17, 15) is 0 Å². The molecule has 0 radical (unpaired) electrons. The van der Waals surface area contributed by atoms with E-state index >= 15 is 0 Å². The predicted octanol–water partition coefficient (Wildman–Crippen LogP) is 1.52. The van der Waals surface area contributed by atoms with Gasteiger partial charge in [-0.25, -0.2) is 0 Å². The van der Waals surface area contributed by atoms with Gasteiger partial charge in [0, 0.05) is 12.5 Å². The van der Waals surface area contributed by atoms with E-state index in [2.05, 4.69) is 21.5 Å². The monoisotopic (exact) mass is 192 g/mol. The number of hydrogen-bond acceptors (Lipinski definition) is 5. The van der Waals surface area contributed by atoms with E-state index in [1.807, 2.05) is 6.92 Å². The zero-order valence-corrected chi connectivity index (χ0v) is 8.03. The molecule has 1 aromatic rings. The first-order valence-corrected chi connectivity index (χ1v) is 4.76. The lowest BCUT2D eigenvalue weighted by Gasteiger charge is -2.00. The van der Waals surface area contributed by atoms with Crippen LogP contribution in [0.5, 0.6) is 0 Å². The smallest absolute Gasteiger partial charge is 0.263 e. The van der Waals surface area contributed by atoms with Gasteiger partial charge in [-0.15, -0.1) is 0 Å². The number of hydrogen-bond donors (Lipinski definition) is 1. The third kappa shape index (κ3) is 2.02. The van der Waals surface area contributed by atoms with Gasteiger partial charge >= 0.3 is 0 Å². The van der Waals surface area contributed by atoms with Gasteiger partial charge in [0.1, 0.15) is 0 Å². The number of anilines is 1. The van der Waals surface area contributed by atoms with Crippen molar-refractivity contribution in [2.75, 3.05) is 11.9 Å². The van der Waals surface area contributed by atoms with Crippen LogP contribution >= 0.6 is 0 Å². The largest absolute Gasteiger partial charge is 0.350 e. The lowest BCUT2D eigenvalue weighted by Crippen LogP contribution is -2.10. The van der Waals surface area contributed by atoms with Gasteiger partial charge in [0.05, 0.1) is 12.0 Å². The van der Waals surface area contributed by atoms with Crippen LogP contribution in [-0.2, 0) is 0 Å². The first kappa shape index (κ1) is 9.00. The molecule has 0 bridgehead atoms. The second-order valence-electron chi connectivity index (χ2n) is 3.64. The molecule has 0 saturated heterocycles. The van der Waals surface area contributed by atoms with Crippen molar-refractivity contribution >= 4 is 5.95 Å². The summed E-state index contributed by atoms with van der Waals surface area (Å²) in [5.41, 5.74) is 0. The maximum atomic E-state index is 8.56. The fourth-order valence-corrected chi connectivity index (χ4v) is 1.09. The summed E-state index contributed by atoms with van der Waals surface area (Å²) in [4.78, 5) is 4.18. The van der Waals surface area contributed by atoms with E-state index in [4.69, 9.17) is 9.78 Å². The highest BCUT2D eigenvalue weighted by Crippen LogP contribution is 2.39. The van der Waals surface area contributed by atoms with Crippen LogP contribution in [0.25, 0.3) is 0 Å². The normalized spacial score (nSPS) is 17.4. The van der Waals surface area contributed by atoms with Crippen LogP contribution in [0.2, 0.25) is 0 Å². The van der Waals surface area contributed by atoms with Gasteiger partial charge in [0.25, 0.3) is 5.95 Å². The predicted molar refractivity (Wildman–Crippen MR) is 49.5 cm³/mol. The van der Waals surface area contributed by atoms with Crippen LogP contribution in [0.1, 0.15) is 31.6 Å². The molecular weight excluding hydrogens is 180 g/mol. The van der Waals surface area contributed by atoms with E-state index in [-0.39, 0.29) is 5.92 Å². The van der Waals surface area contributed by atoms with Crippen LogP contribution in [0.3, 0.4) is 0 Å². The second kappa shape index (κ2) is 3.66. The Kier molecular flexibility index (Phi) is 2.35. The average Bonchev–Trinajstić information content (AvgIpc) is 2.95. The van der Waals surface area contributed by atoms with Crippen LogP contribution in [-0.4, -0.2) is 16.7 Å². The molecule has 0 aromatic carbocycles. The first-order valence-electron chi connectivity index (χ1n) is 4.76. The van der Waals surface area contributed by atoms with E-state index in [0.29, 0.717) is 18.4 Å². The van der Waals surface area contributed by atoms with Crippen LogP contribution < -0.4 is 5.32 Å². The maximum Gasteiger partial charge on any atom is 0.263 e. The average molecular weight is 192 g/mol. The lowest BCUT2D eigenvalue weighted by atomic mass is 10.2. The summed E-state index contributed by atoms with van der Waals surface area (Å²) < 4.78 is 5.05. The molecule has 1 aliphatic carbocycles. The molecule has 1 aromatic heterocycles. The van der Waals surface area contributed by atoms with E-state index in [1.54, 1.807) is 0 Å². The van der Waals surface area contributed by atoms with Crippen molar-refractivity contribution in [3.8, 4) is 6.07 Å². The van der Waals surface area contributed by atoms with Gasteiger partial charge in [-0.2, -0.15) is 10.2 Å². The van der Waals surface area contributed by atoms with Crippen molar-refractivity contribution in [2.45, 2.75) is 25.7 Å². The molecule has 5 heteroatoms. The van der Waals surface area contributed by atoms with Crippen LogP contribution in [0.4, 0.5) is 5.95 Å². The third-order valence-electron chi connectivity index (χ3n) is 2.16.